The maximum Gasteiger partial charge on any atom is 0.201 e. The first-order valence-corrected chi connectivity index (χ1v) is 7.72. The van der Waals surface area contributed by atoms with E-state index < -0.39 is 17.5 Å². The summed E-state index contributed by atoms with van der Waals surface area (Å²) in [6.45, 7) is 5.92. The van der Waals surface area contributed by atoms with Crippen LogP contribution in [0.1, 0.15) is 19.8 Å². The summed E-state index contributed by atoms with van der Waals surface area (Å²) in [6, 6.07) is 6.67. The van der Waals surface area contributed by atoms with E-state index in [2.05, 4.69) is 6.58 Å². The number of rotatable bonds is 8. The summed E-state index contributed by atoms with van der Waals surface area (Å²) in [4.78, 5) is 0. The average molecular weight is 336 g/mol. The molecule has 0 atom stereocenters. The highest BCUT2D eigenvalue weighted by Gasteiger charge is 2.17. The van der Waals surface area contributed by atoms with Gasteiger partial charge in [0.1, 0.15) is 6.61 Å². The Morgan fingerprint density at radius 3 is 2.42 bits per heavy atom. The minimum Gasteiger partial charge on any atom is -0.490 e. The van der Waals surface area contributed by atoms with Crippen molar-refractivity contribution in [3.8, 4) is 22.6 Å². The van der Waals surface area contributed by atoms with Crippen molar-refractivity contribution < 1.29 is 22.6 Å². The van der Waals surface area contributed by atoms with Crippen LogP contribution in [-0.4, -0.2) is 13.2 Å². The largest absolute Gasteiger partial charge is 0.490 e. The molecule has 0 aromatic heterocycles. The lowest BCUT2D eigenvalue weighted by atomic mass is 10.0. The van der Waals surface area contributed by atoms with Crippen LogP contribution in [-0.2, 0) is 0 Å². The quantitative estimate of drug-likeness (QED) is 0.467. The maximum absolute atomic E-state index is 14.3. The van der Waals surface area contributed by atoms with Crippen molar-refractivity contribution in [2.24, 2.45) is 0 Å². The third kappa shape index (κ3) is 4.10. The van der Waals surface area contributed by atoms with Crippen molar-refractivity contribution in [2.75, 3.05) is 13.2 Å². The normalized spacial score (nSPS) is 10.5. The number of unbranched alkanes of at least 4 members (excludes halogenated alkanes) is 1. The zero-order chi connectivity index (χ0) is 17.5. The van der Waals surface area contributed by atoms with E-state index in [9.17, 15) is 13.2 Å². The summed E-state index contributed by atoms with van der Waals surface area (Å²) in [6.07, 6.45) is 3.13. The predicted octanol–water partition coefficient (Wildman–Crippen LogP) is 5.51. The molecule has 0 fully saturated rings. The van der Waals surface area contributed by atoms with E-state index in [0.717, 1.165) is 18.9 Å². The first kappa shape index (κ1) is 17.9. The van der Waals surface area contributed by atoms with Gasteiger partial charge >= 0.3 is 0 Å². The molecule has 0 heterocycles. The molecule has 0 spiro atoms. The van der Waals surface area contributed by atoms with Gasteiger partial charge in [0, 0.05) is 5.56 Å². The van der Waals surface area contributed by atoms with Crippen molar-refractivity contribution in [3.63, 3.8) is 0 Å². The van der Waals surface area contributed by atoms with Gasteiger partial charge in [0.15, 0.2) is 23.1 Å². The van der Waals surface area contributed by atoms with Gasteiger partial charge in [-0.2, -0.15) is 4.39 Å². The maximum atomic E-state index is 14.3. The summed E-state index contributed by atoms with van der Waals surface area (Å²) in [5.74, 6) is -2.91. The topological polar surface area (TPSA) is 18.5 Å². The second-order valence-electron chi connectivity index (χ2n) is 5.19. The number of hydrogen-bond acceptors (Lipinski definition) is 2. The fourth-order valence-electron chi connectivity index (χ4n) is 2.13. The third-order valence-corrected chi connectivity index (χ3v) is 3.40. The van der Waals surface area contributed by atoms with Gasteiger partial charge in [-0.1, -0.05) is 32.1 Å². The fourth-order valence-corrected chi connectivity index (χ4v) is 2.13. The van der Waals surface area contributed by atoms with Crippen LogP contribution >= 0.6 is 0 Å². The van der Waals surface area contributed by atoms with Crippen molar-refractivity contribution in [1.29, 1.82) is 0 Å². The van der Waals surface area contributed by atoms with Crippen LogP contribution in [0.25, 0.3) is 11.1 Å². The van der Waals surface area contributed by atoms with Crippen LogP contribution in [0, 0.1) is 17.5 Å². The number of halogens is 3. The summed E-state index contributed by atoms with van der Waals surface area (Å²) in [7, 11) is 0. The van der Waals surface area contributed by atoms with Gasteiger partial charge in [0.05, 0.1) is 6.61 Å². The second kappa shape index (κ2) is 8.43. The number of benzene rings is 2. The highest BCUT2D eigenvalue weighted by Crippen LogP contribution is 2.32. The van der Waals surface area contributed by atoms with E-state index in [0.29, 0.717) is 6.61 Å². The molecule has 2 aromatic carbocycles. The highest BCUT2D eigenvalue weighted by atomic mass is 19.2. The lowest BCUT2D eigenvalue weighted by Crippen LogP contribution is -2.01. The van der Waals surface area contributed by atoms with Crippen molar-refractivity contribution in [1.82, 2.24) is 0 Å². The minimum atomic E-state index is -1.07. The van der Waals surface area contributed by atoms with E-state index >= 15 is 0 Å². The molecule has 0 amide bonds. The number of ether oxygens (including phenoxy) is 2. The Morgan fingerprint density at radius 1 is 1.00 bits per heavy atom. The standard InChI is InChI=1S/C19H19F3O2/c1-3-5-11-24-17-9-7-14(18(21)19(17)22)13-6-8-16(15(20)12-13)23-10-4-2/h4,6-9,12H,2-3,5,10-11H2,1H3. The molecular formula is C19H19F3O2. The molecule has 2 aromatic rings. The van der Waals surface area contributed by atoms with Crippen molar-refractivity contribution >= 4 is 0 Å². The highest BCUT2D eigenvalue weighted by molar-refractivity contribution is 5.66. The predicted molar refractivity (Wildman–Crippen MR) is 87.8 cm³/mol. The Balaban J connectivity index is 2.27. The van der Waals surface area contributed by atoms with E-state index in [-0.39, 0.29) is 29.2 Å². The first-order valence-electron chi connectivity index (χ1n) is 7.72. The van der Waals surface area contributed by atoms with Gasteiger partial charge in [-0.25, -0.2) is 8.78 Å². The first-order chi connectivity index (χ1) is 11.6. The molecule has 0 saturated heterocycles. The summed E-state index contributed by atoms with van der Waals surface area (Å²) in [5, 5.41) is 0. The van der Waals surface area contributed by atoms with Crippen molar-refractivity contribution in [3.05, 3.63) is 60.4 Å². The second-order valence-corrected chi connectivity index (χ2v) is 5.19. The van der Waals surface area contributed by atoms with Gasteiger partial charge in [-0.15, -0.1) is 0 Å². The monoisotopic (exact) mass is 336 g/mol. The molecule has 0 aliphatic heterocycles. The van der Waals surface area contributed by atoms with Crippen LogP contribution in [0.2, 0.25) is 0 Å². The Morgan fingerprint density at radius 2 is 1.75 bits per heavy atom. The van der Waals surface area contributed by atoms with Crippen LogP contribution in [0.3, 0.4) is 0 Å². The van der Waals surface area contributed by atoms with E-state index in [4.69, 9.17) is 9.47 Å². The van der Waals surface area contributed by atoms with E-state index in [1.165, 1.54) is 30.3 Å². The molecule has 0 aliphatic carbocycles. The molecule has 5 heteroatoms. The Kier molecular flexibility index (Phi) is 6.29. The van der Waals surface area contributed by atoms with Crippen LogP contribution in [0.5, 0.6) is 11.5 Å². The Labute approximate surface area is 139 Å². The average Bonchev–Trinajstić information content (AvgIpc) is 2.58. The van der Waals surface area contributed by atoms with Crippen LogP contribution in [0.15, 0.2) is 43.0 Å². The molecule has 128 valence electrons. The van der Waals surface area contributed by atoms with Gasteiger partial charge in [0.2, 0.25) is 5.82 Å². The Hall–Kier alpha value is -2.43. The summed E-state index contributed by atoms with van der Waals surface area (Å²) in [5.41, 5.74) is 0.180. The zero-order valence-corrected chi connectivity index (χ0v) is 13.5. The van der Waals surface area contributed by atoms with Gasteiger partial charge in [-0.05, 0) is 36.2 Å². The van der Waals surface area contributed by atoms with E-state index in [1.807, 2.05) is 6.92 Å². The molecule has 0 bridgehead atoms. The summed E-state index contributed by atoms with van der Waals surface area (Å²) < 4.78 is 52.7. The smallest absolute Gasteiger partial charge is 0.201 e. The molecule has 24 heavy (non-hydrogen) atoms. The zero-order valence-electron chi connectivity index (χ0n) is 13.5. The lowest BCUT2D eigenvalue weighted by molar-refractivity contribution is 0.289. The fraction of sp³-hybridized carbons (Fsp3) is 0.263. The van der Waals surface area contributed by atoms with Crippen molar-refractivity contribution in [2.45, 2.75) is 19.8 Å². The molecular weight excluding hydrogens is 317 g/mol. The molecule has 0 saturated carbocycles. The molecule has 0 radical (unpaired) electrons. The third-order valence-electron chi connectivity index (χ3n) is 3.40. The van der Waals surface area contributed by atoms with Gasteiger partial charge < -0.3 is 9.47 Å². The van der Waals surface area contributed by atoms with Gasteiger partial charge in [-0.3, -0.25) is 0 Å². The van der Waals surface area contributed by atoms with E-state index in [1.54, 1.807) is 0 Å². The van der Waals surface area contributed by atoms with Gasteiger partial charge in [0.25, 0.3) is 0 Å². The number of hydrogen-bond donors (Lipinski definition) is 0. The molecule has 2 nitrogen and oxygen atoms in total. The molecule has 0 unspecified atom stereocenters. The minimum absolute atomic E-state index is 0.0269. The SMILES string of the molecule is C=CCOc1ccc(-c2ccc(OCCCC)c(F)c2F)cc1F. The lowest BCUT2D eigenvalue weighted by Gasteiger charge is -2.11. The van der Waals surface area contributed by atoms with Crippen LogP contribution < -0.4 is 9.47 Å². The summed E-state index contributed by atoms with van der Waals surface area (Å²) >= 11 is 0. The molecule has 0 aliphatic rings. The molecule has 2 rings (SSSR count). The molecule has 0 N–H and O–H groups in total. The van der Waals surface area contributed by atoms with Crippen LogP contribution in [0.4, 0.5) is 13.2 Å². The Bertz CT molecular complexity index is 714.